The largest absolute Gasteiger partial charge is 0.324 e. The Hall–Kier alpha value is -0.520. The molecule has 3 nitrogen and oxygen atoms in total. The van der Waals surface area contributed by atoms with Crippen molar-refractivity contribution >= 4 is 19.9 Å². The van der Waals surface area contributed by atoms with E-state index < -0.39 is 9.15 Å². The molecule has 0 aromatic heterocycles. The van der Waals surface area contributed by atoms with Gasteiger partial charge in [-0.25, -0.2) is 0 Å². The first-order valence-electron chi connectivity index (χ1n) is 3.21. The van der Waals surface area contributed by atoms with Gasteiger partial charge < -0.3 is 0 Å². The zero-order valence-corrected chi connectivity index (χ0v) is 8.02. The Kier molecular flexibility index (Phi) is 2.76. The van der Waals surface area contributed by atoms with E-state index in [1.54, 1.807) is 24.3 Å². The minimum atomic E-state index is -3.97. The molecule has 0 aliphatic carbocycles. The van der Waals surface area contributed by atoms with E-state index in [0.717, 1.165) is 5.56 Å². The van der Waals surface area contributed by atoms with Gasteiger partial charge in [0.05, 0.1) is 0 Å². The van der Waals surface area contributed by atoms with E-state index in [9.17, 15) is 8.42 Å². The van der Waals surface area contributed by atoms with Crippen LogP contribution in [0.2, 0.25) is 0 Å². The molecule has 0 bridgehead atoms. The summed E-state index contributed by atoms with van der Waals surface area (Å²) in [6.07, 6.45) is 0. The van der Waals surface area contributed by atoms with Gasteiger partial charge in [0, 0.05) is 15.7 Å². The lowest BCUT2D eigenvalue weighted by Crippen LogP contribution is -1.88. The molecule has 0 radical (unpaired) electrons. The van der Waals surface area contributed by atoms with Gasteiger partial charge in [-0.05, 0) is 19.1 Å². The summed E-state index contributed by atoms with van der Waals surface area (Å²) in [6.45, 7) is 1.90. The van der Waals surface area contributed by atoms with Gasteiger partial charge in [-0.15, -0.1) is 0 Å². The topological polar surface area (TPSA) is 54.4 Å². The molecule has 0 aliphatic heterocycles. The van der Waals surface area contributed by atoms with Crippen LogP contribution in [0.3, 0.4) is 0 Å². The van der Waals surface area contributed by atoms with Crippen molar-refractivity contribution in [2.75, 3.05) is 0 Å². The van der Waals surface area contributed by atoms with Gasteiger partial charge in [0.25, 0.3) is 0 Å². The monoisotopic (exact) mass is 204 g/mol. The van der Waals surface area contributed by atoms with Gasteiger partial charge in [0.1, 0.15) is 0 Å². The maximum atomic E-state index is 10.4. The van der Waals surface area contributed by atoms with Gasteiger partial charge >= 0.3 is 9.15 Å². The molecule has 12 heavy (non-hydrogen) atoms. The van der Waals surface area contributed by atoms with E-state index in [0.29, 0.717) is 15.7 Å². The average molecular weight is 204 g/mol. The minimum Gasteiger partial charge on any atom is -0.277 e. The van der Waals surface area contributed by atoms with Crippen molar-refractivity contribution in [2.24, 2.45) is 0 Å². The molecule has 0 spiro atoms. The van der Waals surface area contributed by atoms with E-state index in [1.165, 1.54) is 0 Å². The van der Waals surface area contributed by atoms with Crippen molar-refractivity contribution in [3.8, 4) is 0 Å². The SMILES string of the molecule is Cc1ccc(SS(=O)(=O)O)cc1. The van der Waals surface area contributed by atoms with Gasteiger partial charge in [-0.2, -0.15) is 8.42 Å². The highest BCUT2D eigenvalue weighted by molar-refractivity contribution is 8.69. The van der Waals surface area contributed by atoms with Crippen molar-refractivity contribution < 1.29 is 13.0 Å². The summed E-state index contributed by atoms with van der Waals surface area (Å²) in [4.78, 5) is 0.517. The van der Waals surface area contributed by atoms with Crippen LogP contribution in [-0.4, -0.2) is 13.0 Å². The second-order valence-electron chi connectivity index (χ2n) is 2.32. The summed E-state index contributed by atoms with van der Waals surface area (Å²) in [7, 11) is -3.54. The Morgan fingerprint density at radius 3 is 2.17 bits per heavy atom. The van der Waals surface area contributed by atoms with Crippen LogP contribution >= 0.6 is 10.8 Å². The quantitative estimate of drug-likeness (QED) is 0.590. The van der Waals surface area contributed by atoms with Crippen LogP contribution < -0.4 is 0 Å². The Morgan fingerprint density at radius 2 is 1.75 bits per heavy atom. The standard InChI is InChI=1S/C7H8O3S2/c1-6-2-4-7(5-3-6)11-12(8,9)10/h2-5H,1H3,(H,8,9,10). The average Bonchev–Trinajstić information content (AvgIpc) is 1.91. The predicted octanol–water partition coefficient (Wildman–Crippen LogP) is 1.89. The summed E-state index contributed by atoms with van der Waals surface area (Å²) in [5.74, 6) is 0. The highest BCUT2D eigenvalue weighted by atomic mass is 33.1. The molecule has 1 aromatic rings. The minimum absolute atomic E-state index is 0.437. The first-order valence-corrected chi connectivity index (χ1v) is 5.98. The maximum Gasteiger partial charge on any atom is 0.324 e. The zero-order valence-electron chi connectivity index (χ0n) is 6.39. The summed E-state index contributed by atoms with van der Waals surface area (Å²) in [5, 5.41) is 0. The fraction of sp³-hybridized carbons (Fsp3) is 0.143. The Morgan fingerprint density at radius 1 is 1.25 bits per heavy atom. The molecule has 5 heteroatoms. The number of benzene rings is 1. The van der Waals surface area contributed by atoms with E-state index in [4.69, 9.17) is 4.55 Å². The lowest BCUT2D eigenvalue weighted by Gasteiger charge is -1.96. The lowest BCUT2D eigenvalue weighted by atomic mass is 10.2. The molecule has 0 aliphatic rings. The molecule has 66 valence electrons. The molecule has 0 unspecified atom stereocenters. The Labute approximate surface area is 74.9 Å². The Bertz CT molecular complexity index is 353. The maximum absolute atomic E-state index is 10.4. The van der Waals surface area contributed by atoms with Crippen molar-refractivity contribution in [1.29, 1.82) is 0 Å². The van der Waals surface area contributed by atoms with Gasteiger partial charge in [-0.1, -0.05) is 17.7 Å². The molecule has 0 saturated carbocycles. The van der Waals surface area contributed by atoms with E-state index in [2.05, 4.69) is 0 Å². The molecule has 1 rings (SSSR count). The normalized spacial score (nSPS) is 11.5. The van der Waals surface area contributed by atoms with E-state index in [1.807, 2.05) is 6.92 Å². The predicted molar refractivity (Wildman–Crippen MR) is 48.6 cm³/mol. The fourth-order valence-corrected chi connectivity index (χ4v) is 2.27. The number of rotatable bonds is 2. The van der Waals surface area contributed by atoms with E-state index in [-0.39, 0.29) is 0 Å². The van der Waals surface area contributed by atoms with Gasteiger partial charge in [0.2, 0.25) is 0 Å². The van der Waals surface area contributed by atoms with Crippen LogP contribution in [0, 0.1) is 6.92 Å². The summed E-state index contributed by atoms with van der Waals surface area (Å²) in [6, 6.07) is 6.86. The molecular formula is C7H8O3S2. The summed E-state index contributed by atoms with van der Waals surface area (Å²) >= 11 is 0. The van der Waals surface area contributed by atoms with Gasteiger partial charge in [0.15, 0.2) is 0 Å². The van der Waals surface area contributed by atoms with Crippen LogP contribution in [0.4, 0.5) is 0 Å². The van der Waals surface area contributed by atoms with Crippen molar-refractivity contribution in [3.63, 3.8) is 0 Å². The first kappa shape index (κ1) is 9.57. The third-order valence-corrected chi connectivity index (χ3v) is 3.11. The zero-order chi connectivity index (χ0) is 9.19. The van der Waals surface area contributed by atoms with Crippen molar-refractivity contribution in [2.45, 2.75) is 11.8 Å². The lowest BCUT2D eigenvalue weighted by molar-refractivity contribution is 0.503. The van der Waals surface area contributed by atoms with Crippen LogP contribution in [-0.2, 0) is 9.15 Å². The second-order valence-corrected chi connectivity index (χ2v) is 5.58. The number of hydrogen-bond donors (Lipinski definition) is 1. The molecule has 0 atom stereocenters. The number of hydrogen-bond acceptors (Lipinski definition) is 3. The smallest absolute Gasteiger partial charge is 0.277 e. The molecule has 1 aromatic carbocycles. The van der Waals surface area contributed by atoms with Crippen LogP contribution in [0.5, 0.6) is 0 Å². The molecule has 0 heterocycles. The van der Waals surface area contributed by atoms with Crippen molar-refractivity contribution in [1.82, 2.24) is 0 Å². The van der Waals surface area contributed by atoms with Crippen LogP contribution in [0.1, 0.15) is 5.56 Å². The third-order valence-electron chi connectivity index (χ3n) is 1.22. The third kappa shape index (κ3) is 3.25. The molecule has 0 fully saturated rings. The van der Waals surface area contributed by atoms with Crippen molar-refractivity contribution in [3.05, 3.63) is 29.8 Å². The highest BCUT2D eigenvalue weighted by Crippen LogP contribution is 2.22. The van der Waals surface area contributed by atoms with Crippen LogP contribution in [0.15, 0.2) is 29.2 Å². The van der Waals surface area contributed by atoms with Crippen LogP contribution in [0.25, 0.3) is 0 Å². The second kappa shape index (κ2) is 3.47. The first-order chi connectivity index (χ1) is 5.47. The molecule has 0 saturated heterocycles. The highest BCUT2D eigenvalue weighted by Gasteiger charge is 2.06. The Balaban J connectivity index is 2.85. The molecular weight excluding hydrogens is 196 g/mol. The molecule has 1 N–H and O–H groups in total. The van der Waals surface area contributed by atoms with Gasteiger partial charge in [-0.3, -0.25) is 4.55 Å². The van der Waals surface area contributed by atoms with E-state index >= 15 is 0 Å². The number of aryl methyl sites for hydroxylation is 1. The summed E-state index contributed by atoms with van der Waals surface area (Å²) in [5.41, 5.74) is 1.05. The fourth-order valence-electron chi connectivity index (χ4n) is 0.715. The molecule has 0 amide bonds. The summed E-state index contributed by atoms with van der Waals surface area (Å²) < 4.78 is 29.3.